The summed E-state index contributed by atoms with van der Waals surface area (Å²) < 4.78 is 0. The molecule has 18 heteroatoms. The second-order valence-corrected chi connectivity index (χ2v) is 33.5. The summed E-state index contributed by atoms with van der Waals surface area (Å²) in [6.45, 7) is 6.66. The van der Waals surface area contributed by atoms with Crippen molar-refractivity contribution in [1.82, 2.24) is 42.5 Å². The molecule has 0 aliphatic heterocycles. The van der Waals surface area contributed by atoms with Crippen LogP contribution >= 0.6 is 0 Å². The van der Waals surface area contributed by atoms with Gasteiger partial charge < -0.3 is 42.5 Å². The maximum Gasteiger partial charge on any atom is 0.224 e. The summed E-state index contributed by atoms with van der Waals surface area (Å²) in [5.41, 5.74) is 0. The molecule has 10 atom stereocenters. The SMILES string of the molecule is CC1CCCCC1CC(=O)CC(CC(=O)NC1CCCCC1C)C(=O)NC1CCCCC1C.O=C(CC(C(=O)NC1CCCC1)C(CC(=O)NC1CCCC1)C(=O)NC1CCCC1)NC1CCCC1.O=C(CC1CCCCC1)CC(CC(=O)NC1CCCCC1)C(=O)NC1CCCCC1. The Labute approximate surface area is 596 Å². The molecule has 8 amide bonds. The highest BCUT2D eigenvalue weighted by Crippen LogP contribution is 2.35. The Morgan fingerprint density at radius 2 is 0.535 bits per heavy atom. The van der Waals surface area contributed by atoms with Gasteiger partial charge in [0, 0.05) is 99.7 Å². The molecule has 0 bridgehead atoms. The van der Waals surface area contributed by atoms with Crippen LogP contribution in [-0.2, 0) is 47.9 Å². The van der Waals surface area contributed by atoms with Crippen molar-refractivity contribution in [3.63, 3.8) is 0 Å². The van der Waals surface area contributed by atoms with E-state index >= 15 is 0 Å². The van der Waals surface area contributed by atoms with Crippen molar-refractivity contribution < 1.29 is 47.9 Å². The molecule has 0 aromatic heterocycles. The summed E-state index contributed by atoms with van der Waals surface area (Å²) in [7, 11) is 0. The van der Waals surface area contributed by atoms with Gasteiger partial charge in [0.2, 0.25) is 47.3 Å². The van der Waals surface area contributed by atoms with E-state index < -0.39 is 23.7 Å². The summed E-state index contributed by atoms with van der Waals surface area (Å²) in [6, 6.07) is 1.29. The average Bonchev–Trinajstić information content (AvgIpc) is 1.72. The molecule has 10 aliphatic carbocycles. The van der Waals surface area contributed by atoms with Gasteiger partial charge in [0.25, 0.3) is 0 Å². The van der Waals surface area contributed by atoms with Crippen LogP contribution in [0.25, 0.3) is 0 Å². The molecular formula is C81H136N8O10. The molecule has 10 rings (SSSR count). The lowest BCUT2D eigenvalue weighted by Crippen LogP contribution is -2.49. The zero-order valence-electron chi connectivity index (χ0n) is 62.0. The predicted octanol–water partition coefficient (Wildman–Crippen LogP) is 13.6. The monoisotopic (exact) mass is 1380 g/mol. The van der Waals surface area contributed by atoms with Gasteiger partial charge in [-0.2, -0.15) is 0 Å². The highest BCUT2D eigenvalue weighted by Gasteiger charge is 2.41. The zero-order valence-corrected chi connectivity index (χ0v) is 62.0. The van der Waals surface area contributed by atoms with Crippen molar-refractivity contribution >= 4 is 58.8 Å². The standard InChI is InChI=1S/C28H46N4O4.C28H48N2O3.C25H42N2O3/c33-25(29-19-9-1-2-10-19)17-23(27(35)31-21-13-5-6-14-21)24(28(36)32-22-15-7-8-16-22)18-26(34)30-20-11-3-4-12-20;1-19-10-4-7-13-22(19)16-24(31)17-23(28(33)30-26-15-9-6-12-21(26)3)18-27(32)29-25-14-8-5-11-20(25)2;28-23(16-19-10-4-1-5-11-19)17-20(25(30)27-22-14-8-3-9-15-22)18-24(29)26-21-12-6-2-7-13-21/h19-24H,1-18H2,(H,29,33)(H,30,34)(H,31,35)(H,32,36);19-23,25-26H,4-18H2,1-3H3,(H,29,32)(H,30,33);19-22H,1-18H2,(H,26,29)(H,27,30). The quantitative estimate of drug-likeness (QED) is 0.0351. The Bertz CT molecular complexity index is 2390. The summed E-state index contributed by atoms with van der Waals surface area (Å²) in [6.07, 6.45) is 48.9. The van der Waals surface area contributed by atoms with Crippen molar-refractivity contribution in [2.75, 3.05) is 0 Å². The molecule has 0 aromatic carbocycles. The largest absolute Gasteiger partial charge is 0.353 e. The second kappa shape index (κ2) is 43.3. The van der Waals surface area contributed by atoms with Crippen molar-refractivity contribution in [2.45, 2.75) is 397 Å². The van der Waals surface area contributed by atoms with E-state index in [4.69, 9.17) is 0 Å². The van der Waals surface area contributed by atoms with Crippen molar-refractivity contribution in [3.8, 4) is 0 Å². The molecule has 10 fully saturated rings. The van der Waals surface area contributed by atoms with Crippen LogP contribution in [-0.4, -0.2) is 107 Å². The van der Waals surface area contributed by atoms with E-state index in [9.17, 15) is 47.9 Å². The number of hydrogen-bond donors (Lipinski definition) is 8. The molecule has 10 aliphatic rings. The first-order valence-corrected chi connectivity index (χ1v) is 41.3. The van der Waals surface area contributed by atoms with Gasteiger partial charge >= 0.3 is 0 Å². The van der Waals surface area contributed by atoms with E-state index in [2.05, 4.69) is 63.3 Å². The van der Waals surface area contributed by atoms with Crippen LogP contribution in [0, 0.1) is 53.3 Å². The van der Waals surface area contributed by atoms with Crippen LogP contribution < -0.4 is 42.5 Å². The van der Waals surface area contributed by atoms with Crippen molar-refractivity contribution in [3.05, 3.63) is 0 Å². The van der Waals surface area contributed by atoms with Gasteiger partial charge in [-0.05, 0) is 139 Å². The fraction of sp³-hybridized carbons (Fsp3) is 0.877. The van der Waals surface area contributed by atoms with Crippen molar-refractivity contribution in [2.24, 2.45) is 53.3 Å². The molecule has 0 heterocycles. The van der Waals surface area contributed by atoms with E-state index in [-0.39, 0.29) is 146 Å². The van der Waals surface area contributed by atoms with Gasteiger partial charge in [-0.3, -0.25) is 47.9 Å². The second-order valence-electron chi connectivity index (χ2n) is 33.5. The van der Waals surface area contributed by atoms with E-state index in [1.165, 1.54) is 64.2 Å². The average molecular weight is 1380 g/mol. The number of Topliss-reactive ketones (excluding diaryl/α,β-unsaturated/α-hetero) is 2. The number of amides is 8. The van der Waals surface area contributed by atoms with Gasteiger partial charge in [0.15, 0.2) is 0 Å². The minimum absolute atomic E-state index is 0.0591. The summed E-state index contributed by atoms with van der Waals surface area (Å²) in [5, 5.41) is 25.1. The molecule has 99 heavy (non-hydrogen) atoms. The third-order valence-corrected chi connectivity index (χ3v) is 25.2. The molecule has 18 nitrogen and oxygen atoms in total. The number of rotatable bonds is 29. The van der Waals surface area contributed by atoms with Crippen molar-refractivity contribution in [1.29, 1.82) is 0 Å². The van der Waals surface area contributed by atoms with E-state index in [1.54, 1.807) is 0 Å². The fourth-order valence-electron chi connectivity index (χ4n) is 18.8. The van der Waals surface area contributed by atoms with E-state index in [0.717, 1.165) is 212 Å². The molecule has 8 N–H and O–H groups in total. The lowest BCUT2D eigenvalue weighted by Gasteiger charge is -2.32. The molecule has 0 spiro atoms. The highest BCUT2D eigenvalue weighted by atomic mass is 16.2. The molecule has 0 saturated heterocycles. The van der Waals surface area contributed by atoms with Gasteiger partial charge in [-0.1, -0.05) is 188 Å². The molecule has 0 aromatic rings. The fourth-order valence-corrected chi connectivity index (χ4v) is 18.8. The predicted molar refractivity (Wildman–Crippen MR) is 389 cm³/mol. The first kappa shape index (κ1) is 79.8. The molecule has 560 valence electrons. The normalized spacial score (nSPS) is 26.7. The third-order valence-electron chi connectivity index (χ3n) is 25.2. The van der Waals surface area contributed by atoms with E-state index in [1.807, 2.05) is 0 Å². The first-order valence-electron chi connectivity index (χ1n) is 41.3. The van der Waals surface area contributed by atoms with Gasteiger partial charge in [0.05, 0.1) is 23.7 Å². The molecule has 0 radical (unpaired) electrons. The lowest BCUT2D eigenvalue weighted by atomic mass is 9.77. The minimum atomic E-state index is -0.859. The summed E-state index contributed by atoms with van der Waals surface area (Å²) >= 11 is 0. The van der Waals surface area contributed by atoms with Crippen LogP contribution in [0.1, 0.15) is 348 Å². The lowest BCUT2D eigenvalue weighted by molar-refractivity contribution is -0.140. The Morgan fingerprint density at radius 1 is 0.253 bits per heavy atom. The number of carbonyl (C=O) groups excluding carboxylic acids is 10. The van der Waals surface area contributed by atoms with Crippen LogP contribution in [0.5, 0.6) is 0 Å². The Kier molecular flexibility index (Phi) is 34.9. The van der Waals surface area contributed by atoms with Gasteiger partial charge in [-0.25, -0.2) is 0 Å². The van der Waals surface area contributed by atoms with Gasteiger partial charge in [-0.15, -0.1) is 0 Å². The molecule has 10 saturated carbocycles. The van der Waals surface area contributed by atoms with Crippen LogP contribution in [0.3, 0.4) is 0 Å². The third kappa shape index (κ3) is 28.7. The summed E-state index contributed by atoms with van der Waals surface area (Å²) in [4.78, 5) is 131. The number of hydrogen-bond acceptors (Lipinski definition) is 10. The first-order chi connectivity index (χ1) is 47.9. The van der Waals surface area contributed by atoms with Crippen LogP contribution in [0.2, 0.25) is 0 Å². The smallest absolute Gasteiger partial charge is 0.224 e. The highest BCUT2D eigenvalue weighted by molar-refractivity contribution is 5.95. The zero-order chi connectivity index (χ0) is 70.3. The number of nitrogens with one attached hydrogen (secondary N) is 8. The number of ketones is 2. The topological polar surface area (TPSA) is 267 Å². The number of carbonyl (C=O) groups is 10. The molecule has 10 unspecified atom stereocenters. The Morgan fingerprint density at radius 3 is 0.929 bits per heavy atom. The van der Waals surface area contributed by atoms with Crippen LogP contribution in [0.4, 0.5) is 0 Å². The maximum absolute atomic E-state index is 13.6. The maximum atomic E-state index is 13.6. The Balaban J connectivity index is 0.000000190. The molecular weight excluding hydrogens is 1240 g/mol. The van der Waals surface area contributed by atoms with Gasteiger partial charge in [0.1, 0.15) is 11.6 Å². The minimum Gasteiger partial charge on any atom is -0.353 e. The Hall–Kier alpha value is -4.90. The van der Waals surface area contributed by atoms with Crippen LogP contribution in [0.15, 0.2) is 0 Å². The van der Waals surface area contributed by atoms with E-state index in [0.29, 0.717) is 42.4 Å². The summed E-state index contributed by atoms with van der Waals surface area (Å²) in [5.74, 6) is -1.25.